The largest absolute Gasteiger partial charge is 0.292 e. The molecular weight excluding hydrogens is 348 g/mol. The quantitative estimate of drug-likeness (QED) is 0.655. The van der Waals surface area contributed by atoms with Crippen LogP contribution < -0.4 is 5.32 Å². The number of benzene rings is 2. The second-order valence-electron chi connectivity index (χ2n) is 5.83. The van der Waals surface area contributed by atoms with Gasteiger partial charge >= 0.3 is 0 Å². The van der Waals surface area contributed by atoms with Gasteiger partial charge < -0.3 is 0 Å². The SMILES string of the molecule is O=C(NC(=O)C1CC1)/C(=C/c1ccc(Cl)cc1)c1ccc(F)cc1F. The Balaban J connectivity index is 1.98. The topological polar surface area (TPSA) is 46.2 Å². The molecule has 1 aliphatic carbocycles. The summed E-state index contributed by atoms with van der Waals surface area (Å²) in [5.74, 6) is -2.90. The smallest absolute Gasteiger partial charge is 0.258 e. The van der Waals surface area contributed by atoms with Crippen molar-refractivity contribution in [2.75, 3.05) is 0 Å². The second-order valence-corrected chi connectivity index (χ2v) is 6.26. The van der Waals surface area contributed by atoms with E-state index in [9.17, 15) is 18.4 Å². The number of hydrogen-bond acceptors (Lipinski definition) is 2. The van der Waals surface area contributed by atoms with E-state index >= 15 is 0 Å². The number of nitrogens with one attached hydrogen (secondary N) is 1. The van der Waals surface area contributed by atoms with Gasteiger partial charge in [-0.3, -0.25) is 14.9 Å². The molecule has 2 aromatic rings. The summed E-state index contributed by atoms with van der Waals surface area (Å²) in [4.78, 5) is 24.4. The van der Waals surface area contributed by atoms with Gasteiger partial charge in [-0.05, 0) is 48.7 Å². The summed E-state index contributed by atoms with van der Waals surface area (Å²) in [6.45, 7) is 0. The Bertz CT molecular complexity index is 858. The molecule has 0 aliphatic heterocycles. The van der Waals surface area contributed by atoms with Crippen LogP contribution in [0.3, 0.4) is 0 Å². The standard InChI is InChI=1S/C19H14ClF2NO2/c20-13-5-1-11(2-6-13)9-16(15-8-7-14(21)10-17(15)22)19(25)23-18(24)12-3-4-12/h1-2,5-10,12H,3-4H2,(H,23,24,25)/b16-9+. The van der Waals surface area contributed by atoms with Crippen molar-refractivity contribution in [2.45, 2.75) is 12.8 Å². The fraction of sp³-hybridized carbons (Fsp3) is 0.158. The van der Waals surface area contributed by atoms with Crippen molar-refractivity contribution >= 4 is 35.1 Å². The first-order chi connectivity index (χ1) is 11.9. The molecular formula is C19H14ClF2NO2. The Morgan fingerprint density at radius 3 is 2.36 bits per heavy atom. The molecule has 1 fully saturated rings. The van der Waals surface area contributed by atoms with Crippen LogP contribution in [-0.4, -0.2) is 11.8 Å². The fourth-order valence-electron chi connectivity index (χ4n) is 2.33. The lowest BCUT2D eigenvalue weighted by Gasteiger charge is -2.10. The zero-order valence-electron chi connectivity index (χ0n) is 13.1. The minimum absolute atomic E-state index is 0.0613. The van der Waals surface area contributed by atoms with Crippen molar-refractivity contribution in [3.8, 4) is 0 Å². The average Bonchev–Trinajstić information content (AvgIpc) is 3.40. The number of halogens is 3. The van der Waals surface area contributed by atoms with Gasteiger partial charge in [0, 0.05) is 22.6 Å². The van der Waals surface area contributed by atoms with Crippen LogP contribution in [0, 0.1) is 17.6 Å². The highest BCUT2D eigenvalue weighted by atomic mass is 35.5. The van der Waals surface area contributed by atoms with Gasteiger partial charge in [0.1, 0.15) is 11.6 Å². The number of carbonyl (C=O) groups excluding carboxylic acids is 2. The van der Waals surface area contributed by atoms with E-state index in [0.717, 1.165) is 18.9 Å². The van der Waals surface area contributed by atoms with Crippen molar-refractivity contribution < 1.29 is 18.4 Å². The van der Waals surface area contributed by atoms with E-state index in [4.69, 9.17) is 11.6 Å². The molecule has 1 saturated carbocycles. The summed E-state index contributed by atoms with van der Waals surface area (Å²) in [5.41, 5.74) is 0.448. The summed E-state index contributed by atoms with van der Waals surface area (Å²) < 4.78 is 27.3. The number of amides is 2. The molecule has 0 unspecified atom stereocenters. The molecule has 2 aromatic carbocycles. The maximum atomic E-state index is 14.2. The molecule has 0 aromatic heterocycles. The minimum Gasteiger partial charge on any atom is -0.292 e. The van der Waals surface area contributed by atoms with E-state index in [2.05, 4.69) is 5.32 Å². The minimum atomic E-state index is -0.880. The van der Waals surface area contributed by atoms with Gasteiger partial charge in [0.25, 0.3) is 5.91 Å². The molecule has 25 heavy (non-hydrogen) atoms. The zero-order valence-corrected chi connectivity index (χ0v) is 13.8. The molecule has 0 saturated heterocycles. The Morgan fingerprint density at radius 1 is 1.08 bits per heavy atom. The molecule has 6 heteroatoms. The average molecular weight is 362 g/mol. The third-order valence-electron chi connectivity index (χ3n) is 3.83. The van der Waals surface area contributed by atoms with Crippen LogP contribution in [0.1, 0.15) is 24.0 Å². The van der Waals surface area contributed by atoms with E-state index in [1.165, 1.54) is 12.1 Å². The van der Waals surface area contributed by atoms with Crippen LogP contribution in [0.25, 0.3) is 11.6 Å². The van der Waals surface area contributed by atoms with E-state index in [1.807, 2.05) is 0 Å². The summed E-state index contributed by atoms with van der Waals surface area (Å²) in [6.07, 6.45) is 2.91. The van der Waals surface area contributed by atoms with Gasteiger partial charge in [0.05, 0.1) is 5.57 Å². The number of rotatable bonds is 4. The lowest BCUT2D eigenvalue weighted by molar-refractivity contribution is -0.128. The van der Waals surface area contributed by atoms with Crippen molar-refractivity contribution in [3.05, 3.63) is 70.2 Å². The normalized spacial score (nSPS) is 14.3. The van der Waals surface area contributed by atoms with Crippen LogP contribution in [0.5, 0.6) is 0 Å². The monoisotopic (exact) mass is 361 g/mol. The first-order valence-corrected chi connectivity index (χ1v) is 8.10. The molecule has 3 nitrogen and oxygen atoms in total. The summed E-state index contributed by atoms with van der Waals surface area (Å²) in [6, 6.07) is 9.48. The zero-order chi connectivity index (χ0) is 18.0. The van der Waals surface area contributed by atoms with Crippen LogP contribution in [0.15, 0.2) is 42.5 Å². The van der Waals surface area contributed by atoms with Crippen molar-refractivity contribution in [3.63, 3.8) is 0 Å². The van der Waals surface area contributed by atoms with Crippen LogP contribution in [-0.2, 0) is 9.59 Å². The maximum absolute atomic E-state index is 14.2. The number of imide groups is 1. The number of hydrogen-bond donors (Lipinski definition) is 1. The van der Waals surface area contributed by atoms with Crippen molar-refractivity contribution in [1.29, 1.82) is 0 Å². The Kier molecular flexibility index (Phi) is 4.95. The van der Waals surface area contributed by atoms with Crippen LogP contribution >= 0.6 is 11.6 Å². The predicted octanol–water partition coefficient (Wildman–Crippen LogP) is 4.21. The van der Waals surface area contributed by atoms with Crippen molar-refractivity contribution in [2.24, 2.45) is 5.92 Å². The van der Waals surface area contributed by atoms with Crippen LogP contribution in [0.2, 0.25) is 5.02 Å². The molecule has 0 spiro atoms. The molecule has 3 rings (SSSR count). The highest BCUT2D eigenvalue weighted by Gasteiger charge is 2.31. The Labute approximate surface area is 148 Å². The molecule has 0 atom stereocenters. The fourth-order valence-corrected chi connectivity index (χ4v) is 2.45. The molecule has 0 bridgehead atoms. The van der Waals surface area contributed by atoms with E-state index in [1.54, 1.807) is 24.3 Å². The van der Waals surface area contributed by atoms with E-state index in [0.29, 0.717) is 16.7 Å². The third-order valence-corrected chi connectivity index (χ3v) is 4.08. The molecule has 1 N–H and O–H groups in total. The van der Waals surface area contributed by atoms with Gasteiger partial charge in [0.2, 0.25) is 5.91 Å². The molecule has 2 amide bonds. The van der Waals surface area contributed by atoms with Gasteiger partial charge in [-0.2, -0.15) is 0 Å². The molecule has 1 aliphatic rings. The summed E-state index contributed by atoms with van der Waals surface area (Å²) in [7, 11) is 0. The Morgan fingerprint density at radius 2 is 1.76 bits per heavy atom. The first kappa shape index (κ1) is 17.3. The second kappa shape index (κ2) is 7.15. The molecule has 0 heterocycles. The lowest BCUT2D eigenvalue weighted by Crippen LogP contribution is -2.32. The maximum Gasteiger partial charge on any atom is 0.258 e. The van der Waals surface area contributed by atoms with Gasteiger partial charge in [-0.15, -0.1) is 0 Å². The van der Waals surface area contributed by atoms with Crippen molar-refractivity contribution in [1.82, 2.24) is 5.32 Å². The molecule has 0 radical (unpaired) electrons. The third kappa shape index (κ3) is 4.31. The highest BCUT2D eigenvalue weighted by molar-refractivity contribution is 6.30. The van der Waals surface area contributed by atoms with Gasteiger partial charge in [-0.1, -0.05) is 23.7 Å². The summed E-state index contributed by atoms with van der Waals surface area (Å²) in [5, 5.41) is 2.80. The Hall–Kier alpha value is -2.53. The first-order valence-electron chi connectivity index (χ1n) is 7.72. The number of carbonyl (C=O) groups is 2. The lowest BCUT2D eigenvalue weighted by atomic mass is 10.0. The van der Waals surface area contributed by atoms with Gasteiger partial charge in [0.15, 0.2) is 0 Å². The van der Waals surface area contributed by atoms with Crippen LogP contribution in [0.4, 0.5) is 8.78 Å². The molecule has 128 valence electrons. The van der Waals surface area contributed by atoms with E-state index in [-0.39, 0.29) is 23.0 Å². The predicted molar refractivity (Wildman–Crippen MR) is 91.6 cm³/mol. The highest BCUT2D eigenvalue weighted by Crippen LogP contribution is 2.29. The van der Waals surface area contributed by atoms with Gasteiger partial charge in [-0.25, -0.2) is 8.78 Å². The summed E-state index contributed by atoms with van der Waals surface area (Å²) >= 11 is 5.83. The van der Waals surface area contributed by atoms with E-state index < -0.39 is 17.5 Å².